The highest BCUT2D eigenvalue weighted by Gasteiger charge is 2.39. The Morgan fingerprint density at radius 1 is 1.26 bits per heavy atom. The minimum absolute atomic E-state index is 0.0329. The molecule has 35 heavy (non-hydrogen) atoms. The average molecular weight is 597 g/mol. The van der Waals surface area contributed by atoms with Crippen LogP contribution in [0.1, 0.15) is 60.6 Å². The summed E-state index contributed by atoms with van der Waals surface area (Å²) in [5, 5.41) is 11.0. The van der Waals surface area contributed by atoms with Gasteiger partial charge in [0.25, 0.3) is 12.3 Å². The van der Waals surface area contributed by atoms with Gasteiger partial charge in [0.1, 0.15) is 11.4 Å². The third kappa shape index (κ3) is 4.28. The van der Waals surface area contributed by atoms with Crippen molar-refractivity contribution in [3.8, 4) is 0 Å². The first-order valence-corrected chi connectivity index (χ1v) is 13.5. The molecule has 3 aromatic rings. The molecule has 3 aromatic heterocycles. The Bertz CT molecular complexity index is 1240. The molecule has 0 unspecified atom stereocenters. The molecule has 3 fully saturated rings. The molecule has 2 atom stereocenters. The van der Waals surface area contributed by atoms with E-state index >= 15 is 0 Å². The molecule has 1 N–H and O–H groups in total. The van der Waals surface area contributed by atoms with Crippen LogP contribution in [0.4, 0.5) is 20.3 Å². The standard InChI is InChI=1S/C23H26F2IN7O2/c24-21(25)20-18(11-33(30-20)14-3-1-13(8-26)2-4-14)28-23(34)17-9-27-32-6-5-19(29-22(17)32)31-10-16-7-15(31)12-35-16/h5-6,9,11,13-16,21H,1-4,7-8,10,12H2,(H,28,34)/t13-,14-,15-,16-/m1/s1. The zero-order valence-electron chi connectivity index (χ0n) is 19.0. The van der Waals surface area contributed by atoms with E-state index in [1.807, 2.05) is 6.07 Å². The number of rotatable bonds is 6. The highest BCUT2D eigenvalue weighted by atomic mass is 127. The number of hydrogen-bond donors (Lipinski definition) is 1. The number of alkyl halides is 3. The van der Waals surface area contributed by atoms with Crippen LogP contribution < -0.4 is 10.2 Å². The Hall–Kier alpha value is -2.35. The van der Waals surface area contributed by atoms with E-state index in [4.69, 9.17) is 9.72 Å². The lowest BCUT2D eigenvalue weighted by Gasteiger charge is -2.27. The van der Waals surface area contributed by atoms with Crippen LogP contribution in [-0.4, -0.2) is 60.0 Å². The number of amides is 1. The quantitative estimate of drug-likeness (QED) is 0.338. The predicted molar refractivity (Wildman–Crippen MR) is 133 cm³/mol. The number of halogens is 3. The number of anilines is 2. The molecule has 5 heterocycles. The molecule has 0 radical (unpaired) electrons. The molecule has 2 saturated heterocycles. The van der Waals surface area contributed by atoms with Crippen LogP contribution in [0.5, 0.6) is 0 Å². The number of nitrogens with zero attached hydrogens (tertiary/aromatic N) is 6. The fourth-order valence-electron chi connectivity index (χ4n) is 5.46. The van der Waals surface area contributed by atoms with Crippen molar-refractivity contribution in [2.45, 2.75) is 56.7 Å². The van der Waals surface area contributed by atoms with Gasteiger partial charge in [-0.15, -0.1) is 0 Å². The fourth-order valence-corrected chi connectivity index (χ4v) is 6.34. The van der Waals surface area contributed by atoms with Crippen LogP contribution in [0.25, 0.3) is 5.65 Å². The molecular weight excluding hydrogens is 571 g/mol. The first-order valence-electron chi connectivity index (χ1n) is 12.0. The van der Waals surface area contributed by atoms with Gasteiger partial charge >= 0.3 is 0 Å². The van der Waals surface area contributed by atoms with Gasteiger partial charge in [-0.05, 0) is 44.1 Å². The van der Waals surface area contributed by atoms with Crippen LogP contribution in [0.3, 0.4) is 0 Å². The van der Waals surface area contributed by atoms with E-state index in [0.29, 0.717) is 18.2 Å². The van der Waals surface area contributed by atoms with Crippen molar-refractivity contribution >= 4 is 45.7 Å². The highest BCUT2D eigenvalue weighted by Crippen LogP contribution is 2.36. The van der Waals surface area contributed by atoms with Crippen LogP contribution >= 0.6 is 22.6 Å². The highest BCUT2D eigenvalue weighted by molar-refractivity contribution is 14.1. The van der Waals surface area contributed by atoms with Crippen molar-refractivity contribution in [1.29, 1.82) is 0 Å². The van der Waals surface area contributed by atoms with Crippen molar-refractivity contribution in [2.24, 2.45) is 5.92 Å². The number of carbonyl (C=O) groups is 1. The summed E-state index contributed by atoms with van der Waals surface area (Å²) in [5.74, 6) is 0.893. The average Bonchev–Trinajstić information content (AvgIpc) is 3.66. The summed E-state index contributed by atoms with van der Waals surface area (Å²) in [6, 6.07) is 2.22. The van der Waals surface area contributed by atoms with Gasteiger partial charge < -0.3 is 15.0 Å². The molecule has 186 valence electrons. The molecule has 2 aliphatic heterocycles. The first-order chi connectivity index (χ1) is 17.0. The molecule has 12 heteroatoms. The molecule has 9 nitrogen and oxygen atoms in total. The number of morpholine rings is 1. The number of nitrogens with one attached hydrogen (secondary N) is 1. The lowest BCUT2D eigenvalue weighted by molar-refractivity contribution is 0.0988. The van der Waals surface area contributed by atoms with Crippen LogP contribution in [0, 0.1) is 5.92 Å². The second-order valence-corrected chi connectivity index (χ2v) is 10.5. The van der Waals surface area contributed by atoms with Crippen LogP contribution in [-0.2, 0) is 4.74 Å². The second kappa shape index (κ2) is 9.26. The third-order valence-electron chi connectivity index (χ3n) is 7.42. The van der Waals surface area contributed by atoms with Crippen LogP contribution in [0.2, 0.25) is 0 Å². The Morgan fingerprint density at radius 2 is 2.09 bits per heavy atom. The number of carbonyl (C=O) groups excluding carboxylic acids is 1. The van der Waals surface area contributed by atoms with Gasteiger partial charge in [0, 0.05) is 23.4 Å². The molecule has 3 aliphatic rings. The van der Waals surface area contributed by atoms with Crippen molar-refractivity contribution in [3.05, 3.63) is 35.9 Å². The van der Waals surface area contributed by atoms with E-state index in [-0.39, 0.29) is 29.4 Å². The normalized spacial score (nSPS) is 26.2. The number of hydrogen-bond acceptors (Lipinski definition) is 6. The molecule has 0 spiro atoms. The molecule has 0 aromatic carbocycles. The summed E-state index contributed by atoms with van der Waals surface area (Å²) in [6.07, 6.45) is 7.02. The van der Waals surface area contributed by atoms with Gasteiger partial charge in [-0.3, -0.25) is 9.48 Å². The number of ether oxygens (including phenoxy) is 1. The predicted octanol–water partition coefficient (Wildman–Crippen LogP) is 4.26. The number of aromatic nitrogens is 5. The Kier molecular flexibility index (Phi) is 6.11. The first kappa shape index (κ1) is 23.1. The Labute approximate surface area is 214 Å². The van der Waals surface area contributed by atoms with Crippen molar-refractivity contribution in [2.75, 3.05) is 27.8 Å². The fraction of sp³-hybridized carbons (Fsp3) is 0.565. The third-order valence-corrected chi connectivity index (χ3v) is 8.66. The SMILES string of the molecule is O=C(Nc1cn([C@H]2CC[C@H](CI)CC2)nc1C(F)F)c1cnn2ccc(N3C[C@H]4C[C@@H]3CO4)nc12. The molecule has 1 saturated carbocycles. The van der Waals surface area contributed by atoms with E-state index < -0.39 is 18.0 Å². The maximum absolute atomic E-state index is 13.8. The zero-order chi connectivity index (χ0) is 24.1. The van der Waals surface area contributed by atoms with Gasteiger partial charge in [0.2, 0.25) is 0 Å². The largest absolute Gasteiger partial charge is 0.374 e. The van der Waals surface area contributed by atoms with Gasteiger partial charge in [-0.25, -0.2) is 18.3 Å². The Morgan fingerprint density at radius 3 is 2.77 bits per heavy atom. The van der Waals surface area contributed by atoms with E-state index in [1.54, 1.807) is 17.1 Å². The van der Waals surface area contributed by atoms with Gasteiger partial charge in [-0.2, -0.15) is 10.2 Å². The van der Waals surface area contributed by atoms with Crippen molar-refractivity contribution in [3.63, 3.8) is 0 Å². The second-order valence-electron chi connectivity index (χ2n) is 9.60. The smallest absolute Gasteiger partial charge is 0.284 e. The molecule has 1 amide bonds. The minimum Gasteiger partial charge on any atom is -0.374 e. The maximum atomic E-state index is 13.8. The topological polar surface area (TPSA) is 89.6 Å². The molecule has 1 aliphatic carbocycles. The maximum Gasteiger partial charge on any atom is 0.284 e. The van der Waals surface area contributed by atoms with E-state index in [9.17, 15) is 13.6 Å². The van der Waals surface area contributed by atoms with Crippen molar-refractivity contribution in [1.82, 2.24) is 24.4 Å². The lowest BCUT2D eigenvalue weighted by atomic mass is 9.87. The summed E-state index contributed by atoms with van der Waals surface area (Å²) in [4.78, 5) is 20.1. The monoisotopic (exact) mass is 597 g/mol. The van der Waals surface area contributed by atoms with Gasteiger partial charge in [-0.1, -0.05) is 22.6 Å². The molecule has 2 bridgehead atoms. The summed E-state index contributed by atoms with van der Waals surface area (Å²) < 4.78 is 37.5. The zero-order valence-corrected chi connectivity index (χ0v) is 21.1. The summed E-state index contributed by atoms with van der Waals surface area (Å²) >= 11 is 2.40. The van der Waals surface area contributed by atoms with Crippen LogP contribution in [0.15, 0.2) is 24.7 Å². The Balaban J connectivity index is 1.24. The minimum atomic E-state index is -2.79. The number of fused-ring (bicyclic) bond motifs is 3. The van der Waals surface area contributed by atoms with E-state index in [1.165, 1.54) is 10.7 Å². The van der Waals surface area contributed by atoms with E-state index in [0.717, 1.165) is 48.9 Å². The summed E-state index contributed by atoms with van der Waals surface area (Å²) in [6.45, 7) is 1.43. The summed E-state index contributed by atoms with van der Waals surface area (Å²) in [5.41, 5.74) is 0.230. The molecular formula is C23H26F2IN7O2. The van der Waals surface area contributed by atoms with Gasteiger partial charge in [0.15, 0.2) is 11.3 Å². The van der Waals surface area contributed by atoms with Gasteiger partial charge in [0.05, 0.1) is 36.7 Å². The summed E-state index contributed by atoms with van der Waals surface area (Å²) in [7, 11) is 0. The van der Waals surface area contributed by atoms with Crippen molar-refractivity contribution < 1.29 is 18.3 Å². The molecule has 6 rings (SSSR count). The lowest BCUT2D eigenvalue weighted by Crippen LogP contribution is -2.37. The van der Waals surface area contributed by atoms with E-state index in [2.05, 4.69) is 43.0 Å².